The van der Waals surface area contributed by atoms with E-state index in [0.29, 0.717) is 16.4 Å². The molecule has 0 unspecified atom stereocenters. The van der Waals surface area contributed by atoms with Gasteiger partial charge in [-0.3, -0.25) is 9.59 Å². The molecule has 0 spiro atoms. The summed E-state index contributed by atoms with van der Waals surface area (Å²) in [6, 6.07) is 12.7. The Bertz CT molecular complexity index is 788. The maximum atomic E-state index is 12.2. The Morgan fingerprint density at radius 1 is 1.00 bits per heavy atom. The van der Waals surface area contributed by atoms with Gasteiger partial charge in [0.15, 0.2) is 0 Å². The highest BCUT2D eigenvalue weighted by atomic mass is 35.5. The van der Waals surface area contributed by atoms with Crippen LogP contribution in [0.1, 0.15) is 25.8 Å². The molecule has 0 aliphatic heterocycles. The molecule has 5 nitrogen and oxygen atoms in total. The molecule has 0 saturated carbocycles. The van der Waals surface area contributed by atoms with Gasteiger partial charge in [0.25, 0.3) is 0 Å². The summed E-state index contributed by atoms with van der Waals surface area (Å²) >= 11 is 5.88. The highest BCUT2D eigenvalue weighted by molar-refractivity contribution is 6.30. The molecule has 0 bridgehead atoms. The van der Waals surface area contributed by atoms with Gasteiger partial charge >= 0.3 is 0 Å². The number of halogens is 1. The monoisotopic (exact) mass is 373 g/mol. The van der Waals surface area contributed by atoms with Crippen LogP contribution in [-0.2, 0) is 9.59 Å². The second kappa shape index (κ2) is 9.25. The third-order valence-corrected chi connectivity index (χ3v) is 4.28. The summed E-state index contributed by atoms with van der Waals surface area (Å²) < 4.78 is 0. The number of carbonyl (C=O) groups excluding carboxylic acids is 2. The zero-order valence-corrected chi connectivity index (χ0v) is 16.1. The molecule has 0 fully saturated rings. The Hall–Kier alpha value is -2.53. The van der Waals surface area contributed by atoms with Gasteiger partial charge in [0.2, 0.25) is 11.8 Å². The Kier molecular flexibility index (Phi) is 7.04. The van der Waals surface area contributed by atoms with Crippen LogP contribution in [-0.4, -0.2) is 24.9 Å². The summed E-state index contributed by atoms with van der Waals surface area (Å²) in [4.78, 5) is 26.4. The molecule has 0 radical (unpaired) electrons. The summed E-state index contributed by atoms with van der Waals surface area (Å²) in [5.74, 6) is -0.745. The van der Waals surface area contributed by atoms with E-state index in [4.69, 9.17) is 11.6 Å². The number of anilines is 3. The maximum Gasteiger partial charge on any atom is 0.233 e. The lowest BCUT2D eigenvalue weighted by atomic mass is 10.1. The smallest absolute Gasteiger partial charge is 0.233 e. The van der Waals surface area contributed by atoms with Crippen molar-refractivity contribution in [3.05, 3.63) is 53.1 Å². The molecule has 0 aliphatic carbocycles. The fourth-order valence-corrected chi connectivity index (χ4v) is 2.88. The van der Waals surface area contributed by atoms with Gasteiger partial charge < -0.3 is 15.5 Å². The first-order valence-electron chi connectivity index (χ1n) is 8.63. The van der Waals surface area contributed by atoms with Crippen molar-refractivity contribution in [1.29, 1.82) is 0 Å². The van der Waals surface area contributed by atoms with E-state index in [0.717, 1.165) is 24.3 Å². The van der Waals surface area contributed by atoms with Gasteiger partial charge in [0.05, 0.1) is 0 Å². The van der Waals surface area contributed by atoms with Crippen molar-refractivity contribution < 1.29 is 9.59 Å². The van der Waals surface area contributed by atoms with E-state index in [1.807, 2.05) is 25.1 Å². The van der Waals surface area contributed by atoms with Gasteiger partial charge in [-0.15, -0.1) is 0 Å². The number of rotatable bonds is 7. The van der Waals surface area contributed by atoms with E-state index in [1.54, 1.807) is 24.3 Å². The van der Waals surface area contributed by atoms with Crippen LogP contribution in [0.15, 0.2) is 42.5 Å². The van der Waals surface area contributed by atoms with Gasteiger partial charge in [0.1, 0.15) is 6.42 Å². The second-order valence-electron chi connectivity index (χ2n) is 5.95. The van der Waals surface area contributed by atoms with E-state index < -0.39 is 0 Å². The molecular weight excluding hydrogens is 350 g/mol. The molecule has 0 aromatic heterocycles. The number of hydrogen-bond acceptors (Lipinski definition) is 3. The average molecular weight is 374 g/mol. The molecule has 0 aliphatic rings. The summed E-state index contributed by atoms with van der Waals surface area (Å²) in [7, 11) is 0. The Labute approximate surface area is 159 Å². The van der Waals surface area contributed by atoms with Crippen LogP contribution >= 0.6 is 11.6 Å². The van der Waals surface area contributed by atoms with Gasteiger partial charge in [-0.2, -0.15) is 0 Å². The number of nitrogens with zero attached hydrogens (tertiary/aromatic N) is 1. The third kappa shape index (κ3) is 5.49. The SMILES string of the molecule is CCN(CC)c1ccc(NC(=O)CC(=O)Nc2cccc(Cl)c2)c(C)c1. The van der Waals surface area contributed by atoms with E-state index in [1.165, 1.54) is 0 Å². The largest absolute Gasteiger partial charge is 0.372 e. The zero-order valence-electron chi connectivity index (χ0n) is 15.3. The molecule has 0 saturated heterocycles. The van der Waals surface area contributed by atoms with Crippen molar-refractivity contribution in [2.24, 2.45) is 0 Å². The number of nitrogens with one attached hydrogen (secondary N) is 2. The first-order valence-corrected chi connectivity index (χ1v) is 9.01. The molecule has 2 aromatic carbocycles. The maximum absolute atomic E-state index is 12.2. The molecule has 0 heterocycles. The minimum atomic E-state index is -0.387. The van der Waals surface area contributed by atoms with Crippen molar-refractivity contribution in [2.75, 3.05) is 28.6 Å². The van der Waals surface area contributed by atoms with E-state index >= 15 is 0 Å². The first kappa shape index (κ1) is 19.8. The number of benzene rings is 2. The van der Waals surface area contributed by atoms with Crippen molar-refractivity contribution >= 4 is 40.5 Å². The Balaban J connectivity index is 1.95. The lowest BCUT2D eigenvalue weighted by molar-refractivity contribution is -0.123. The van der Waals surface area contributed by atoms with Gasteiger partial charge in [0, 0.05) is 35.2 Å². The van der Waals surface area contributed by atoms with E-state index in [-0.39, 0.29) is 18.2 Å². The number of hydrogen-bond donors (Lipinski definition) is 2. The number of amides is 2. The van der Waals surface area contributed by atoms with Crippen molar-refractivity contribution in [3.8, 4) is 0 Å². The lowest BCUT2D eigenvalue weighted by Crippen LogP contribution is -2.23. The van der Waals surface area contributed by atoms with Gasteiger partial charge in [-0.25, -0.2) is 0 Å². The fraction of sp³-hybridized carbons (Fsp3) is 0.300. The first-order chi connectivity index (χ1) is 12.4. The van der Waals surface area contributed by atoms with Crippen LogP contribution in [0.25, 0.3) is 0 Å². The topological polar surface area (TPSA) is 61.4 Å². The lowest BCUT2D eigenvalue weighted by Gasteiger charge is -2.22. The number of carbonyl (C=O) groups is 2. The average Bonchev–Trinajstić information content (AvgIpc) is 2.58. The third-order valence-electron chi connectivity index (χ3n) is 4.04. The highest BCUT2D eigenvalue weighted by Gasteiger charge is 2.12. The van der Waals surface area contributed by atoms with Crippen molar-refractivity contribution in [3.63, 3.8) is 0 Å². The van der Waals surface area contributed by atoms with Crippen LogP contribution in [0.2, 0.25) is 5.02 Å². The van der Waals surface area contributed by atoms with Crippen molar-refractivity contribution in [2.45, 2.75) is 27.2 Å². The minimum absolute atomic E-state index is 0.260. The summed E-state index contributed by atoms with van der Waals surface area (Å²) in [6.07, 6.45) is -0.260. The fourth-order valence-electron chi connectivity index (χ4n) is 2.69. The van der Waals surface area contributed by atoms with Crippen LogP contribution < -0.4 is 15.5 Å². The van der Waals surface area contributed by atoms with Gasteiger partial charge in [-0.05, 0) is 62.7 Å². The van der Waals surface area contributed by atoms with Crippen LogP contribution in [0.5, 0.6) is 0 Å². The quantitative estimate of drug-likeness (QED) is 0.704. The molecule has 2 rings (SSSR count). The molecule has 2 N–H and O–H groups in total. The van der Waals surface area contributed by atoms with Crippen molar-refractivity contribution in [1.82, 2.24) is 0 Å². The van der Waals surface area contributed by atoms with Crippen LogP contribution in [0.3, 0.4) is 0 Å². The molecule has 138 valence electrons. The molecule has 6 heteroatoms. The zero-order chi connectivity index (χ0) is 19.1. The summed E-state index contributed by atoms with van der Waals surface area (Å²) in [5, 5.41) is 5.98. The standard InChI is InChI=1S/C20H24ClN3O2/c1-4-24(5-2)17-9-10-18(14(3)11-17)23-20(26)13-19(25)22-16-8-6-7-15(21)12-16/h6-12H,4-5,13H2,1-3H3,(H,22,25)(H,23,26). The molecular formula is C20H24ClN3O2. The normalized spacial score (nSPS) is 10.3. The highest BCUT2D eigenvalue weighted by Crippen LogP contribution is 2.23. The van der Waals surface area contributed by atoms with Gasteiger partial charge in [-0.1, -0.05) is 17.7 Å². The van der Waals surface area contributed by atoms with Crippen LogP contribution in [0, 0.1) is 6.92 Å². The Morgan fingerprint density at radius 2 is 1.69 bits per heavy atom. The molecule has 26 heavy (non-hydrogen) atoms. The van der Waals surface area contributed by atoms with E-state index in [2.05, 4.69) is 29.4 Å². The minimum Gasteiger partial charge on any atom is -0.372 e. The molecule has 0 atom stereocenters. The summed E-state index contributed by atoms with van der Waals surface area (Å²) in [6.45, 7) is 7.99. The number of aryl methyl sites for hydroxylation is 1. The van der Waals surface area contributed by atoms with Crippen LogP contribution in [0.4, 0.5) is 17.1 Å². The molecule has 2 amide bonds. The van der Waals surface area contributed by atoms with E-state index in [9.17, 15) is 9.59 Å². The predicted octanol–water partition coefficient (Wildman–Crippen LogP) is 4.46. The Morgan fingerprint density at radius 3 is 2.31 bits per heavy atom. The second-order valence-corrected chi connectivity index (χ2v) is 6.39. The summed E-state index contributed by atoms with van der Waals surface area (Å²) in [5.41, 5.74) is 3.35. The molecule has 2 aromatic rings. The predicted molar refractivity (Wildman–Crippen MR) is 108 cm³/mol.